The Hall–Kier alpha value is -0.700. The highest BCUT2D eigenvalue weighted by molar-refractivity contribution is 7.13. The SMILES string of the molecule is CCCCCCC(C)Oc1c(C(C)(C)C)sc(C(C)(C)CC)c1OC(C)CCCCCC. The summed E-state index contributed by atoms with van der Waals surface area (Å²) in [7, 11) is 0. The van der Waals surface area contributed by atoms with Crippen molar-refractivity contribution in [3.05, 3.63) is 9.75 Å². The maximum Gasteiger partial charge on any atom is 0.176 e. The number of hydrogen-bond donors (Lipinski definition) is 0. The van der Waals surface area contributed by atoms with E-state index in [1.807, 2.05) is 11.3 Å². The van der Waals surface area contributed by atoms with Gasteiger partial charge in [0.2, 0.25) is 0 Å². The Bertz CT molecular complexity index is 638. The summed E-state index contributed by atoms with van der Waals surface area (Å²) in [6, 6.07) is 0. The quantitative estimate of drug-likeness (QED) is 0.226. The van der Waals surface area contributed by atoms with Crippen LogP contribution in [0.1, 0.15) is 150 Å². The van der Waals surface area contributed by atoms with E-state index in [2.05, 4.69) is 69.2 Å². The molecule has 1 heterocycles. The Balaban J connectivity index is 3.23. The molecule has 0 aliphatic rings. The van der Waals surface area contributed by atoms with E-state index in [4.69, 9.17) is 9.47 Å². The highest BCUT2D eigenvalue weighted by Crippen LogP contribution is 2.53. The second kappa shape index (κ2) is 13.9. The van der Waals surface area contributed by atoms with Gasteiger partial charge in [0.1, 0.15) is 0 Å². The molecule has 0 bridgehead atoms. The van der Waals surface area contributed by atoms with E-state index < -0.39 is 0 Å². The van der Waals surface area contributed by atoms with E-state index >= 15 is 0 Å². The molecule has 2 atom stereocenters. The van der Waals surface area contributed by atoms with Crippen LogP contribution in [0.4, 0.5) is 0 Å². The zero-order chi connectivity index (χ0) is 24.4. The van der Waals surface area contributed by atoms with Crippen LogP contribution in [0, 0.1) is 0 Å². The van der Waals surface area contributed by atoms with Crippen LogP contribution < -0.4 is 9.47 Å². The van der Waals surface area contributed by atoms with Crippen molar-refractivity contribution in [3.8, 4) is 11.5 Å². The van der Waals surface area contributed by atoms with Crippen LogP contribution in [0.15, 0.2) is 0 Å². The fourth-order valence-corrected chi connectivity index (χ4v) is 5.35. The van der Waals surface area contributed by atoms with E-state index in [1.54, 1.807) is 0 Å². The predicted molar refractivity (Wildman–Crippen MR) is 144 cm³/mol. The highest BCUT2D eigenvalue weighted by Gasteiger charge is 2.35. The molecule has 0 spiro atoms. The van der Waals surface area contributed by atoms with Gasteiger partial charge in [0, 0.05) is 10.8 Å². The van der Waals surface area contributed by atoms with Crippen LogP contribution >= 0.6 is 11.3 Å². The van der Waals surface area contributed by atoms with Crippen LogP contribution in [0.3, 0.4) is 0 Å². The first-order chi connectivity index (χ1) is 15.0. The molecule has 0 N–H and O–H groups in total. The fourth-order valence-electron chi connectivity index (χ4n) is 3.95. The van der Waals surface area contributed by atoms with Gasteiger partial charge >= 0.3 is 0 Å². The topological polar surface area (TPSA) is 18.5 Å². The molecule has 0 saturated heterocycles. The lowest BCUT2D eigenvalue weighted by Crippen LogP contribution is -2.20. The molecule has 0 fully saturated rings. The van der Waals surface area contributed by atoms with Gasteiger partial charge in [0.15, 0.2) is 11.5 Å². The average molecular weight is 467 g/mol. The Kier molecular flexibility index (Phi) is 12.7. The van der Waals surface area contributed by atoms with Crippen LogP contribution in [0.25, 0.3) is 0 Å². The molecule has 0 amide bonds. The Morgan fingerprint density at radius 3 is 1.47 bits per heavy atom. The summed E-state index contributed by atoms with van der Waals surface area (Å²) in [6.45, 7) is 22.9. The normalized spacial score (nSPS) is 14.4. The van der Waals surface area contributed by atoms with Gasteiger partial charge in [-0.2, -0.15) is 0 Å². The largest absolute Gasteiger partial charge is 0.486 e. The number of thiophene rings is 1. The van der Waals surface area contributed by atoms with Gasteiger partial charge in [-0.15, -0.1) is 11.3 Å². The van der Waals surface area contributed by atoms with Crippen molar-refractivity contribution >= 4 is 11.3 Å². The molecule has 0 aliphatic carbocycles. The van der Waals surface area contributed by atoms with Crippen LogP contribution in [0.2, 0.25) is 0 Å². The molecule has 1 aromatic rings. The molecule has 2 nitrogen and oxygen atoms in total. The minimum absolute atomic E-state index is 0.0342. The lowest BCUT2D eigenvalue weighted by Gasteiger charge is -2.26. The van der Waals surface area contributed by atoms with Gasteiger partial charge in [-0.25, -0.2) is 0 Å². The van der Waals surface area contributed by atoms with Crippen LogP contribution in [0.5, 0.6) is 11.5 Å². The summed E-state index contributed by atoms with van der Waals surface area (Å²) in [5.41, 5.74) is 0.111. The number of ether oxygens (including phenoxy) is 2. The molecule has 0 saturated carbocycles. The van der Waals surface area contributed by atoms with Crippen molar-refractivity contribution in [1.29, 1.82) is 0 Å². The molecule has 1 aromatic heterocycles. The molecule has 0 aliphatic heterocycles. The van der Waals surface area contributed by atoms with Crippen molar-refractivity contribution < 1.29 is 9.47 Å². The average Bonchev–Trinajstić information content (AvgIpc) is 3.07. The Morgan fingerprint density at radius 1 is 0.656 bits per heavy atom. The molecule has 188 valence electrons. The van der Waals surface area contributed by atoms with Crippen molar-refractivity contribution in [1.82, 2.24) is 0 Å². The molecule has 1 rings (SSSR count). The van der Waals surface area contributed by atoms with Crippen molar-refractivity contribution in [3.63, 3.8) is 0 Å². The molecule has 0 radical (unpaired) electrons. The second-order valence-electron chi connectivity index (χ2n) is 11.5. The second-order valence-corrected chi connectivity index (χ2v) is 12.5. The van der Waals surface area contributed by atoms with Crippen molar-refractivity contribution in [2.45, 2.75) is 163 Å². The summed E-state index contributed by atoms with van der Waals surface area (Å²) in [4.78, 5) is 2.70. The summed E-state index contributed by atoms with van der Waals surface area (Å²) >= 11 is 1.92. The van der Waals surface area contributed by atoms with Crippen LogP contribution in [-0.2, 0) is 10.8 Å². The lowest BCUT2D eigenvalue weighted by molar-refractivity contribution is 0.164. The third-order valence-corrected chi connectivity index (χ3v) is 8.51. The van der Waals surface area contributed by atoms with Gasteiger partial charge in [-0.3, -0.25) is 0 Å². The third-order valence-electron chi connectivity index (χ3n) is 6.57. The maximum absolute atomic E-state index is 6.75. The minimum Gasteiger partial charge on any atom is -0.486 e. The number of unbranched alkanes of at least 4 members (excludes halogenated alkanes) is 6. The van der Waals surface area contributed by atoms with Gasteiger partial charge in [-0.1, -0.05) is 93.9 Å². The molecule has 32 heavy (non-hydrogen) atoms. The van der Waals surface area contributed by atoms with Gasteiger partial charge in [0.25, 0.3) is 0 Å². The fraction of sp³-hybridized carbons (Fsp3) is 0.862. The maximum atomic E-state index is 6.75. The van der Waals surface area contributed by atoms with Crippen LogP contribution in [-0.4, -0.2) is 12.2 Å². The summed E-state index contributed by atoms with van der Waals surface area (Å²) < 4.78 is 13.5. The Morgan fingerprint density at radius 2 is 1.09 bits per heavy atom. The van der Waals surface area contributed by atoms with E-state index in [-0.39, 0.29) is 23.0 Å². The first-order valence-corrected chi connectivity index (χ1v) is 14.3. The molecule has 3 heteroatoms. The molecular formula is C29H54O2S. The lowest BCUT2D eigenvalue weighted by atomic mass is 9.87. The van der Waals surface area contributed by atoms with Gasteiger partial charge in [-0.05, 0) is 46.0 Å². The van der Waals surface area contributed by atoms with E-state index in [0.29, 0.717) is 0 Å². The van der Waals surface area contributed by atoms with Gasteiger partial charge < -0.3 is 9.47 Å². The monoisotopic (exact) mass is 466 g/mol. The van der Waals surface area contributed by atoms with E-state index in [1.165, 1.54) is 61.1 Å². The molecular weight excluding hydrogens is 412 g/mol. The zero-order valence-corrected chi connectivity index (χ0v) is 24.0. The predicted octanol–water partition coefficient (Wildman–Crippen LogP) is 10.2. The minimum atomic E-state index is 0.0342. The summed E-state index contributed by atoms with van der Waals surface area (Å²) in [5.74, 6) is 2.07. The van der Waals surface area contributed by atoms with Crippen molar-refractivity contribution in [2.75, 3.05) is 0 Å². The first-order valence-electron chi connectivity index (χ1n) is 13.5. The first kappa shape index (κ1) is 29.3. The Labute approximate surface area is 204 Å². The van der Waals surface area contributed by atoms with E-state index in [9.17, 15) is 0 Å². The zero-order valence-electron chi connectivity index (χ0n) is 23.2. The summed E-state index contributed by atoms with van der Waals surface area (Å²) in [5, 5.41) is 0. The standard InChI is InChI=1S/C29H54O2S/c1-11-14-16-18-20-22(4)30-24-25(31-23(5)21-19-17-15-12-2)27(29(9,10)13-3)32-26(24)28(6,7)8/h22-23H,11-21H2,1-10H3. The number of rotatable bonds is 16. The van der Waals surface area contributed by atoms with Gasteiger partial charge in [0.05, 0.1) is 22.0 Å². The molecule has 0 aromatic carbocycles. The summed E-state index contributed by atoms with van der Waals surface area (Å²) in [6.07, 6.45) is 14.0. The van der Waals surface area contributed by atoms with Crippen molar-refractivity contribution in [2.24, 2.45) is 0 Å². The highest BCUT2D eigenvalue weighted by atomic mass is 32.1. The van der Waals surface area contributed by atoms with E-state index in [0.717, 1.165) is 30.8 Å². The smallest absolute Gasteiger partial charge is 0.176 e. The molecule has 2 unspecified atom stereocenters. The number of hydrogen-bond acceptors (Lipinski definition) is 3. The third kappa shape index (κ3) is 9.27.